The second-order valence-corrected chi connectivity index (χ2v) is 5.23. The first-order valence-corrected chi connectivity index (χ1v) is 7.12. The number of hydrogen-bond donors (Lipinski definition) is 1. The number of hydrogen-bond acceptors (Lipinski definition) is 3. The van der Waals surface area contributed by atoms with Crippen molar-refractivity contribution in [2.24, 2.45) is 0 Å². The fourth-order valence-corrected chi connectivity index (χ4v) is 2.67. The lowest BCUT2D eigenvalue weighted by atomic mass is 10.1. The molecular weight excluding hydrogens is 224 g/mol. The van der Waals surface area contributed by atoms with Gasteiger partial charge in [0.05, 0.1) is 6.61 Å². The standard InChI is InChI=1S/C15H24N2O/c1-3-14-9-13(11-18)10-15(16-14)17-8-6-4-5-7-12(17)2/h9-10,12,18H,3-8,11H2,1-2H3. The van der Waals surface area contributed by atoms with Crippen LogP contribution in [0.2, 0.25) is 0 Å². The first kappa shape index (κ1) is 13.3. The van der Waals surface area contributed by atoms with Gasteiger partial charge in [0, 0.05) is 18.3 Å². The fraction of sp³-hybridized carbons (Fsp3) is 0.667. The Hall–Kier alpha value is -1.09. The van der Waals surface area contributed by atoms with Gasteiger partial charge in [0.1, 0.15) is 5.82 Å². The zero-order valence-electron chi connectivity index (χ0n) is 11.5. The molecule has 1 aromatic heterocycles. The summed E-state index contributed by atoms with van der Waals surface area (Å²) in [5, 5.41) is 9.36. The number of nitrogens with zero attached hydrogens (tertiary/aromatic N) is 2. The van der Waals surface area contributed by atoms with Crippen molar-refractivity contribution in [1.29, 1.82) is 0 Å². The topological polar surface area (TPSA) is 36.4 Å². The van der Waals surface area contributed by atoms with E-state index in [4.69, 9.17) is 4.98 Å². The maximum absolute atomic E-state index is 9.36. The second kappa shape index (κ2) is 6.19. The molecule has 1 atom stereocenters. The van der Waals surface area contributed by atoms with Crippen LogP contribution in [0.25, 0.3) is 0 Å². The van der Waals surface area contributed by atoms with Crippen LogP contribution in [0.3, 0.4) is 0 Å². The van der Waals surface area contributed by atoms with Gasteiger partial charge in [0.2, 0.25) is 0 Å². The number of rotatable bonds is 3. The minimum Gasteiger partial charge on any atom is -0.392 e. The quantitative estimate of drug-likeness (QED) is 0.893. The van der Waals surface area contributed by atoms with Gasteiger partial charge in [-0.1, -0.05) is 19.8 Å². The Bertz CT molecular complexity index is 370. The minimum absolute atomic E-state index is 0.102. The number of anilines is 1. The van der Waals surface area contributed by atoms with Gasteiger partial charge in [0.25, 0.3) is 0 Å². The molecule has 1 unspecified atom stereocenters. The lowest BCUT2D eigenvalue weighted by molar-refractivity contribution is 0.281. The molecule has 1 N–H and O–H groups in total. The summed E-state index contributed by atoms with van der Waals surface area (Å²) in [5.41, 5.74) is 2.06. The van der Waals surface area contributed by atoms with Crippen molar-refractivity contribution in [2.75, 3.05) is 11.4 Å². The summed E-state index contributed by atoms with van der Waals surface area (Å²) in [7, 11) is 0. The molecule has 0 aliphatic carbocycles. The second-order valence-electron chi connectivity index (χ2n) is 5.23. The number of aliphatic hydroxyl groups is 1. The van der Waals surface area contributed by atoms with Gasteiger partial charge in [-0.3, -0.25) is 0 Å². The Morgan fingerprint density at radius 2 is 2.17 bits per heavy atom. The monoisotopic (exact) mass is 248 g/mol. The van der Waals surface area contributed by atoms with E-state index in [1.54, 1.807) is 0 Å². The summed E-state index contributed by atoms with van der Waals surface area (Å²) in [6, 6.07) is 4.60. The molecule has 3 heteroatoms. The molecule has 1 aliphatic heterocycles. The Morgan fingerprint density at radius 3 is 2.89 bits per heavy atom. The van der Waals surface area contributed by atoms with Gasteiger partial charge in [0.15, 0.2) is 0 Å². The fourth-order valence-electron chi connectivity index (χ4n) is 2.67. The lowest BCUT2D eigenvalue weighted by Gasteiger charge is -2.29. The highest BCUT2D eigenvalue weighted by Gasteiger charge is 2.19. The maximum Gasteiger partial charge on any atom is 0.129 e. The first-order chi connectivity index (χ1) is 8.74. The van der Waals surface area contributed by atoms with Gasteiger partial charge < -0.3 is 10.0 Å². The maximum atomic E-state index is 9.36. The molecule has 1 fully saturated rings. The average molecular weight is 248 g/mol. The molecule has 2 heterocycles. The summed E-state index contributed by atoms with van der Waals surface area (Å²) >= 11 is 0. The zero-order chi connectivity index (χ0) is 13.0. The molecule has 1 saturated heterocycles. The van der Waals surface area contributed by atoms with Crippen LogP contribution >= 0.6 is 0 Å². The molecule has 0 aromatic carbocycles. The van der Waals surface area contributed by atoms with Gasteiger partial charge in [-0.25, -0.2) is 4.98 Å². The van der Waals surface area contributed by atoms with E-state index < -0.39 is 0 Å². The van der Waals surface area contributed by atoms with Crippen molar-refractivity contribution in [2.45, 2.75) is 58.6 Å². The molecule has 1 aliphatic rings. The molecule has 100 valence electrons. The smallest absolute Gasteiger partial charge is 0.129 e. The Balaban J connectivity index is 2.29. The van der Waals surface area contributed by atoms with Crippen molar-refractivity contribution < 1.29 is 5.11 Å². The SMILES string of the molecule is CCc1cc(CO)cc(N2CCCCCC2C)n1. The molecule has 0 saturated carbocycles. The van der Waals surface area contributed by atoms with Crippen LogP contribution in [0.5, 0.6) is 0 Å². The summed E-state index contributed by atoms with van der Waals surface area (Å²) in [4.78, 5) is 7.14. The molecule has 0 amide bonds. The van der Waals surface area contributed by atoms with Crippen LogP contribution in [-0.2, 0) is 13.0 Å². The minimum atomic E-state index is 0.102. The third kappa shape index (κ3) is 3.02. The van der Waals surface area contributed by atoms with Crippen molar-refractivity contribution in [3.63, 3.8) is 0 Å². The zero-order valence-corrected chi connectivity index (χ0v) is 11.5. The highest BCUT2D eigenvalue weighted by Crippen LogP contribution is 2.24. The van der Waals surface area contributed by atoms with E-state index in [-0.39, 0.29) is 6.61 Å². The van der Waals surface area contributed by atoms with Gasteiger partial charge in [-0.05, 0) is 43.9 Å². The molecule has 2 rings (SSSR count). The van der Waals surface area contributed by atoms with E-state index in [2.05, 4.69) is 18.7 Å². The molecule has 0 radical (unpaired) electrons. The van der Waals surface area contributed by atoms with E-state index >= 15 is 0 Å². The molecule has 1 aromatic rings. The lowest BCUT2D eigenvalue weighted by Crippen LogP contribution is -2.33. The van der Waals surface area contributed by atoms with Crippen LogP contribution in [0.15, 0.2) is 12.1 Å². The summed E-state index contributed by atoms with van der Waals surface area (Å²) in [6.07, 6.45) is 6.05. The van der Waals surface area contributed by atoms with Crippen molar-refractivity contribution in [1.82, 2.24) is 4.98 Å². The summed E-state index contributed by atoms with van der Waals surface area (Å²) < 4.78 is 0. The molecule has 3 nitrogen and oxygen atoms in total. The predicted molar refractivity (Wildman–Crippen MR) is 74.8 cm³/mol. The summed E-state index contributed by atoms with van der Waals surface area (Å²) in [6.45, 7) is 5.58. The largest absolute Gasteiger partial charge is 0.392 e. The van der Waals surface area contributed by atoms with Crippen molar-refractivity contribution in [3.05, 3.63) is 23.4 Å². The number of pyridine rings is 1. The third-order valence-electron chi connectivity index (χ3n) is 3.82. The molecule has 0 spiro atoms. The molecule has 18 heavy (non-hydrogen) atoms. The number of aromatic nitrogens is 1. The average Bonchev–Trinajstić information content (AvgIpc) is 2.62. The van der Waals surface area contributed by atoms with Crippen molar-refractivity contribution in [3.8, 4) is 0 Å². The Labute approximate surface area is 110 Å². The van der Waals surface area contributed by atoms with Crippen LogP contribution in [-0.4, -0.2) is 22.7 Å². The van der Waals surface area contributed by atoms with Gasteiger partial charge in [-0.2, -0.15) is 0 Å². The van der Waals surface area contributed by atoms with Crippen LogP contribution in [0, 0.1) is 0 Å². The number of aryl methyl sites for hydroxylation is 1. The van der Waals surface area contributed by atoms with Crippen LogP contribution < -0.4 is 4.90 Å². The van der Waals surface area contributed by atoms with Crippen molar-refractivity contribution >= 4 is 5.82 Å². The summed E-state index contributed by atoms with van der Waals surface area (Å²) in [5.74, 6) is 1.05. The van der Waals surface area contributed by atoms with Gasteiger partial charge in [-0.15, -0.1) is 0 Å². The predicted octanol–water partition coefficient (Wildman–Crippen LogP) is 2.91. The van der Waals surface area contributed by atoms with Crippen LogP contribution in [0.4, 0.5) is 5.82 Å². The Morgan fingerprint density at radius 1 is 1.33 bits per heavy atom. The number of aliphatic hydroxyl groups excluding tert-OH is 1. The van der Waals surface area contributed by atoms with E-state index in [0.717, 1.165) is 30.0 Å². The third-order valence-corrected chi connectivity index (χ3v) is 3.82. The van der Waals surface area contributed by atoms with E-state index in [9.17, 15) is 5.11 Å². The van der Waals surface area contributed by atoms with E-state index in [1.165, 1.54) is 25.7 Å². The normalized spacial score (nSPS) is 20.8. The Kier molecular flexibility index (Phi) is 4.59. The molecular formula is C15H24N2O. The van der Waals surface area contributed by atoms with Crippen LogP contribution in [0.1, 0.15) is 50.8 Å². The molecule has 0 bridgehead atoms. The van der Waals surface area contributed by atoms with E-state index in [1.807, 2.05) is 12.1 Å². The van der Waals surface area contributed by atoms with Gasteiger partial charge >= 0.3 is 0 Å². The first-order valence-electron chi connectivity index (χ1n) is 7.12. The highest BCUT2D eigenvalue weighted by molar-refractivity contribution is 5.44. The van der Waals surface area contributed by atoms with E-state index in [0.29, 0.717) is 6.04 Å². The highest BCUT2D eigenvalue weighted by atomic mass is 16.3.